The van der Waals surface area contributed by atoms with Gasteiger partial charge in [-0.2, -0.15) is 0 Å². The molecule has 2 rings (SSSR count). The van der Waals surface area contributed by atoms with Crippen LogP contribution in [0.1, 0.15) is 19.4 Å². The molecule has 0 aromatic carbocycles. The molecule has 1 amide bonds. The van der Waals surface area contributed by atoms with Gasteiger partial charge < -0.3 is 15.5 Å². The predicted octanol–water partition coefficient (Wildman–Crippen LogP) is 1.49. The third-order valence-electron chi connectivity index (χ3n) is 2.45. The minimum Gasteiger partial charge on any atom is -0.477 e. The van der Waals surface area contributed by atoms with Crippen molar-refractivity contribution in [2.75, 3.05) is 6.61 Å². The average molecular weight is 260 g/mol. The van der Waals surface area contributed by atoms with Gasteiger partial charge in [0.25, 0.3) is 0 Å². The highest BCUT2D eigenvalue weighted by molar-refractivity contribution is 5.96. The highest BCUT2D eigenvalue weighted by Crippen LogP contribution is 2.26. The lowest BCUT2D eigenvalue weighted by molar-refractivity contribution is -0.113. The molecular weight excluding hydrogens is 244 g/mol. The summed E-state index contributed by atoms with van der Waals surface area (Å²) in [5.41, 5.74) is 6.53. The Morgan fingerprint density at radius 1 is 1.53 bits per heavy atom. The quantitative estimate of drug-likeness (QED) is 0.796. The first kappa shape index (κ1) is 13.1. The number of nitrogens with two attached hydrogens (primary N) is 1. The molecule has 6 heteroatoms. The maximum absolute atomic E-state index is 10.8. The summed E-state index contributed by atoms with van der Waals surface area (Å²) in [6, 6.07) is 0. The lowest BCUT2D eigenvalue weighted by Crippen LogP contribution is -2.06. The van der Waals surface area contributed by atoms with Crippen molar-refractivity contribution < 1.29 is 9.53 Å². The number of ether oxygens (including phenoxy) is 1. The van der Waals surface area contributed by atoms with Gasteiger partial charge >= 0.3 is 0 Å². The number of fused-ring (bicyclic) bond motifs is 1. The van der Waals surface area contributed by atoms with Crippen molar-refractivity contribution in [1.82, 2.24) is 15.0 Å². The Morgan fingerprint density at radius 3 is 3.00 bits per heavy atom. The molecule has 0 atom stereocenters. The van der Waals surface area contributed by atoms with Gasteiger partial charge in [-0.3, -0.25) is 4.79 Å². The van der Waals surface area contributed by atoms with E-state index in [2.05, 4.69) is 28.8 Å². The standard InChI is InChI=1S/C13H16N4O2/c1-8(2)6-19-13-11-9(3-4-10(14)18)5-15-12(11)16-7-17-13/h3-5,7-8H,6H2,1-2H3,(H2,14,18)(H,15,16,17). The highest BCUT2D eigenvalue weighted by atomic mass is 16.5. The lowest BCUT2D eigenvalue weighted by Gasteiger charge is -2.08. The molecule has 2 heterocycles. The molecule has 6 nitrogen and oxygen atoms in total. The monoisotopic (exact) mass is 260 g/mol. The molecule has 0 aliphatic heterocycles. The summed E-state index contributed by atoms with van der Waals surface area (Å²) in [5, 5.41) is 0.751. The van der Waals surface area contributed by atoms with Crippen molar-refractivity contribution in [3.63, 3.8) is 0 Å². The largest absolute Gasteiger partial charge is 0.477 e. The number of rotatable bonds is 5. The molecule has 2 aromatic heterocycles. The lowest BCUT2D eigenvalue weighted by atomic mass is 10.2. The molecule has 0 saturated heterocycles. The van der Waals surface area contributed by atoms with Gasteiger partial charge in [0.1, 0.15) is 12.0 Å². The predicted molar refractivity (Wildman–Crippen MR) is 72.5 cm³/mol. The van der Waals surface area contributed by atoms with Crippen molar-refractivity contribution in [2.24, 2.45) is 11.7 Å². The van der Waals surface area contributed by atoms with E-state index in [4.69, 9.17) is 10.5 Å². The van der Waals surface area contributed by atoms with Crippen molar-refractivity contribution in [3.05, 3.63) is 24.2 Å². The first-order valence-electron chi connectivity index (χ1n) is 6.00. The average Bonchev–Trinajstić information content (AvgIpc) is 2.77. The normalized spacial score (nSPS) is 11.5. The molecular formula is C13H16N4O2. The van der Waals surface area contributed by atoms with Crippen molar-refractivity contribution in [2.45, 2.75) is 13.8 Å². The van der Waals surface area contributed by atoms with Crippen LogP contribution in [0.15, 0.2) is 18.6 Å². The Labute approximate surface area is 110 Å². The van der Waals surface area contributed by atoms with Crippen LogP contribution in [-0.4, -0.2) is 27.5 Å². The fraction of sp³-hybridized carbons (Fsp3) is 0.308. The van der Waals surface area contributed by atoms with Crippen LogP contribution in [0.2, 0.25) is 0 Å². The molecule has 2 aromatic rings. The second kappa shape index (κ2) is 5.51. The van der Waals surface area contributed by atoms with E-state index in [0.29, 0.717) is 24.1 Å². The Balaban J connectivity index is 2.40. The second-order valence-electron chi connectivity index (χ2n) is 4.59. The minimum absolute atomic E-state index is 0.397. The van der Waals surface area contributed by atoms with Gasteiger partial charge in [-0.1, -0.05) is 13.8 Å². The van der Waals surface area contributed by atoms with Gasteiger partial charge in [-0.15, -0.1) is 0 Å². The van der Waals surface area contributed by atoms with Gasteiger partial charge in [0.05, 0.1) is 12.0 Å². The van der Waals surface area contributed by atoms with E-state index in [1.165, 1.54) is 12.4 Å². The van der Waals surface area contributed by atoms with Crippen LogP contribution in [0, 0.1) is 5.92 Å². The van der Waals surface area contributed by atoms with Crippen LogP contribution in [0.4, 0.5) is 0 Å². The zero-order chi connectivity index (χ0) is 13.8. The number of hydrogen-bond donors (Lipinski definition) is 2. The third kappa shape index (κ3) is 3.09. The van der Waals surface area contributed by atoms with Crippen molar-refractivity contribution in [1.29, 1.82) is 0 Å². The topological polar surface area (TPSA) is 93.9 Å². The molecule has 0 saturated carbocycles. The number of carbonyl (C=O) groups excluding carboxylic acids is 1. The Bertz CT molecular complexity index is 616. The molecule has 0 bridgehead atoms. The number of amides is 1. The number of aromatic nitrogens is 3. The first-order valence-corrected chi connectivity index (χ1v) is 6.00. The van der Waals surface area contributed by atoms with Crippen LogP contribution in [0.5, 0.6) is 5.88 Å². The molecule has 0 fully saturated rings. The van der Waals surface area contributed by atoms with Crippen LogP contribution < -0.4 is 10.5 Å². The molecule has 3 N–H and O–H groups in total. The van der Waals surface area contributed by atoms with E-state index in [9.17, 15) is 4.79 Å². The van der Waals surface area contributed by atoms with E-state index in [-0.39, 0.29) is 0 Å². The number of aromatic amines is 1. The van der Waals surface area contributed by atoms with Gasteiger partial charge in [0.2, 0.25) is 11.8 Å². The molecule has 0 unspecified atom stereocenters. The summed E-state index contributed by atoms with van der Waals surface area (Å²) < 4.78 is 5.67. The zero-order valence-electron chi connectivity index (χ0n) is 10.9. The molecule has 19 heavy (non-hydrogen) atoms. The maximum atomic E-state index is 10.8. The molecule has 100 valence electrons. The Hall–Kier alpha value is -2.37. The molecule has 0 aliphatic carbocycles. The van der Waals surface area contributed by atoms with Crippen LogP contribution in [0.3, 0.4) is 0 Å². The summed E-state index contributed by atoms with van der Waals surface area (Å²) >= 11 is 0. The Morgan fingerprint density at radius 2 is 2.32 bits per heavy atom. The zero-order valence-corrected chi connectivity index (χ0v) is 10.9. The highest BCUT2D eigenvalue weighted by Gasteiger charge is 2.11. The van der Waals surface area contributed by atoms with E-state index in [1.807, 2.05) is 0 Å². The summed E-state index contributed by atoms with van der Waals surface area (Å²) in [5.74, 6) is 0.397. The smallest absolute Gasteiger partial charge is 0.241 e. The number of primary amides is 1. The number of nitrogens with one attached hydrogen (secondary N) is 1. The number of nitrogens with zero attached hydrogens (tertiary/aromatic N) is 2. The van der Waals surface area contributed by atoms with Crippen LogP contribution in [-0.2, 0) is 4.79 Å². The van der Waals surface area contributed by atoms with Gasteiger partial charge in [0.15, 0.2) is 0 Å². The summed E-state index contributed by atoms with van der Waals surface area (Å²) in [7, 11) is 0. The van der Waals surface area contributed by atoms with Crippen molar-refractivity contribution >= 4 is 23.0 Å². The van der Waals surface area contributed by atoms with E-state index < -0.39 is 5.91 Å². The first-order chi connectivity index (χ1) is 9.08. The van der Waals surface area contributed by atoms with E-state index >= 15 is 0 Å². The molecule has 0 spiro atoms. The fourth-order valence-corrected chi connectivity index (χ4v) is 1.62. The summed E-state index contributed by atoms with van der Waals surface area (Å²) in [6.07, 6.45) is 6.09. The van der Waals surface area contributed by atoms with Gasteiger partial charge in [0, 0.05) is 17.8 Å². The van der Waals surface area contributed by atoms with Crippen LogP contribution in [0.25, 0.3) is 17.1 Å². The van der Waals surface area contributed by atoms with Crippen LogP contribution >= 0.6 is 0 Å². The van der Waals surface area contributed by atoms with Gasteiger partial charge in [-0.25, -0.2) is 9.97 Å². The Kier molecular flexibility index (Phi) is 3.79. The molecule has 0 radical (unpaired) electrons. The molecule has 0 aliphatic rings. The maximum Gasteiger partial charge on any atom is 0.241 e. The number of H-pyrrole nitrogens is 1. The van der Waals surface area contributed by atoms with Gasteiger partial charge in [-0.05, 0) is 12.0 Å². The number of carbonyl (C=O) groups is 1. The SMILES string of the molecule is CC(C)COc1ncnc2[nH]cc(C=CC(N)=O)c12. The fourth-order valence-electron chi connectivity index (χ4n) is 1.62. The van der Waals surface area contributed by atoms with Crippen molar-refractivity contribution in [3.8, 4) is 5.88 Å². The minimum atomic E-state index is -0.504. The number of hydrogen-bond acceptors (Lipinski definition) is 4. The van der Waals surface area contributed by atoms with E-state index in [0.717, 1.165) is 10.9 Å². The summed E-state index contributed by atoms with van der Waals surface area (Å²) in [6.45, 7) is 4.68. The second-order valence-corrected chi connectivity index (χ2v) is 4.59. The third-order valence-corrected chi connectivity index (χ3v) is 2.45. The van der Waals surface area contributed by atoms with E-state index in [1.54, 1.807) is 12.3 Å². The summed E-state index contributed by atoms with van der Waals surface area (Å²) in [4.78, 5) is 22.1.